The number of nitrogens with one attached hydrogen (secondary N) is 1. The van der Waals surface area contributed by atoms with E-state index in [1.807, 2.05) is 30.1 Å². The van der Waals surface area contributed by atoms with E-state index in [9.17, 15) is 9.90 Å². The summed E-state index contributed by atoms with van der Waals surface area (Å²) in [5.74, 6) is 0.506. The zero-order valence-electron chi connectivity index (χ0n) is 16.3. The fourth-order valence-electron chi connectivity index (χ4n) is 3.56. The van der Waals surface area contributed by atoms with Crippen LogP contribution >= 0.6 is 0 Å². The number of likely N-dealkylation sites (N-methyl/N-ethyl adjacent to an activating group) is 1. The van der Waals surface area contributed by atoms with Crippen LogP contribution < -0.4 is 9.80 Å². The normalized spacial score (nSPS) is 15.0. The molecule has 0 aliphatic carbocycles. The molecule has 5 nitrogen and oxygen atoms in total. The van der Waals surface area contributed by atoms with E-state index in [0.717, 1.165) is 38.3 Å². The first-order valence-electron chi connectivity index (χ1n) is 9.75. The number of carbonyl (C=O) groups excluding carboxylic acids is 1. The Morgan fingerprint density at radius 2 is 1.70 bits per heavy atom. The summed E-state index contributed by atoms with van der Waals surface area (Å²) >= 11 is 0. The molecule has 2 N–H and O–H groups in total. The van der Waals surface area contributed by atoms with Gasteiger partial charge in [0, 0.05) is 13.6 Å². The maximum absolute atomic E-state index is 12.6. The molecule has 1 saturated heterocycles. The van der Waals surface area contributed by atoms with Gasteiger partial charge in [-0.25, -0.2) is 0 Å². The summed E-state index contributed by atoms with van der Waals surface area (Å²) in [4.78, 5) is 17.9. The van der Waals surface area contributed by atoms with Crippen LogP contribution in [0.15, 0.2) is 48.5 Å². The van der Waals surface area contributed by atoms with Gasteiger partial charge >= 0.3 is 0 Å². The maximum Gasteiger partial charge on any atom is 0.277 e. The maximum atomic E-state index is 12.6. The van der Waals surface area contributed by atoms with Gasteiger partial charge in [0.2, 0.25) is 0 Å². The molecule has 1 amide bonds. The molecule has 0 unspecified atom stereocenters. The molecular formula is C22H30N3O2+. The lowest BCUT2D eigenvalue weighted by atomic mass is 10.1. The van der Waals surface area contributed by atoms with E-state index in [2.05, 4.69) is 36.1 Å². The van der Waals surface area contributed by atoms with Crippen molar-refractivity contribution in [2.45, 2.75) is 19.9 Å². The summed E-state index contributed by atoms with van der Waals surface area (Å²) in [7, 11) is 1.88. The van der Waals surface area contributed by atoms with Crippen molar-refractivity contribution < 1.29 is 14.8 Å². The largest absolute Gasteiger partial charge is 0.506 e. The first-order valence-corrected chi connectivity index (χ1v) is 9.75. The summed E-state index contributed by atoms with van der Waals surface area (Å²) in [6.07, 6.45) is 1.03. The van der Waals surface area contributed by atoms with Crippen molar-refractivity contribution in [1.82, 2.24) is 4.90 Å². The number of amides is 1. The predicted octanol–water partition coefficient (Wildman–Crippen LogP) is 1.32. The van der Waals surface area contributed by atoms with E-state index in [4.69, 9.17) is 0 Å². The second kappa shape index (κ2) is 8.91. The van der Waals surface area contributed by atoms with Gasteiger partial charge in [-0.1, -0.05) is 43.3 Å². The Balaban J connectivity index is 1.47. The lowest BCUT2D eigenvalue weighted by Gasteiger charge is -2.34. The van der Waals surface area contributed by atoms with Gasteiger partial charge < -0.3 is 19.8 Å². The quantitative estimate of drug-likeness (QED) is 0.809. The molecule has 3 rings (SSSR count). The Labute approximate surface area is 161 Å². The number of para-hydroxylation sites is 2. The van der Waals surface area contributed by atoms with E-state index in [1.165, 1.54) is 16.0 Å². The molecule has 144 valence electrons. The number of aryl methyl sites for hydroxylation is 1. The van der Waals surface area contributed by atoms with Gasteiger partial charge in [0.05, 0.1) is 31.9 Å². The first-order chi connectivity index (χ1) is 13.1. The molecule has 5 heteroatoms. The van der Waals surface area contributed by atoms with Crippen LogP contribution in [0.2, 0.25) is 0 Å². The Kier molecular flexibility index (Phi) is 6.35. The monoisotopic (exact) mass is 368 g/mol. The molecule has 0 bridgehead atoms. The topological polar surface area (TPSA) is 48.2 Å². The van der Waals surface area contributed by atoms with Crippen molar-refractivity contribution in [1.29, 1.82) is 0 Å². The minimum Gasteiger partial charge on any atom is -0.506 e. The lowest BCUT2D eigenvalue weighted by molar-refractivity contribution is -0.892. The fourth-order valence-corrected chi connectivity index (χ4v) is 3.56. The number of hydrogen-bond acceptors (Lipinski definition) is 3. The third-order valence-corrected chi connectivity index (χ3v) is 5.37. The number of rotatable bonds is 6. The number of anilines is 1. The number of nitrogens with zero attached hydrogens (tertiary/aromatic N) is 2. The van der Waals surface area contributed by atoms with Crippen LogP contribution in [0.4, 0.5) is 5.69 Å². The van der Waals surface area contributed by atoms with Crippen LogP contribution in [-0.2, 0) is 17.8 Å². The van der Waals surface area contributed by atoms with Crippen molar-refractivity contribution in [2.75, 3.05) is 44.7 Å². The number of benzene rings is 2. The van der Waals surface area contributed by atoms with E-state index in [0.29, 0.717) is 18.8 Å². The number of carbonyl (C=O) groups is 1. The van der Waals surface area contributed by atoms with Gasteiger partial charge in [0.15, 0.2) is 6.54 Å². The SMILES string of the molecule is CCc1ccc(CN(C)C(=O)C[NH+]2CCN(c3ccccc3O)CC2)cc1. The molecule has 0 saturated carbocycles. The summed E-state index contributed by atoms with van der Waals surface area (Å²) in [5.41, 5.74) is 3.37. The standard InChI is InChI=1S/C22H29N3O2/c1-3-18-8-10-19(11-9-18)16-23(2)22(27)17-24-12-14-25(15-13-24)20-6-4-5-7-21(20)26/h4-11,26H,3,12-17H2,1-2H3/p+1. The minimum atomic E-state index is 0.181. The van der Waals surface area contributed by atoms with Crippen molar-refractivity contribution in [3.05, 3.63) is 59.7 Å². The van der Waals surface area contributed by atoms with E-state index >= 15 is 0 Å². The van der Waals surface area contributed by atoms with Crippen LogP contribution in [0.1, 0.15) is 18.1 Å². The average molecular weight is 369 g/mol. The molecule has 2 aromatic carbocycles. The highest BCUT2D eigenvalue weighted by atomic mass is 16.3. The Bertz CT molecular complexity index is 752. The smallest absolute Gasteiger partial charge is 0.277 e. The van der Waals surface area contributed by atoms with Crippen LogP contribution in [0.5, 0.6) is 5.75 Å². The van der Waals surface area contributed by atoms with Crippen molar-refractivity contribution in [2.24, 2.45) is 0 Å². The first kappa shape index (κ1) is 19.2. The molecule has 0 aromatic heterocycles. The molecular weight excluding hydrogens is 338 g/mol. The van der Waals surface area contributed by atoms with Crippen LogP contribution in [0, 0.1) is 0 Å². The number of aromatic hydroxyl groups is 1. The summed E-state index contributed by atoms with van der Waals surface area (Å²) in [6, 6.07) is 15.9. The van der Waals surface area contributed by atoms with Gasteiger partial charge in [-0.2, -0.15) is 0 Å². The van der Waals surface area contributed by atoms with E-state index < -0.39 is 0 Å². The highest BCUT2D eigenvalue weighted by Gasteiger charge is 2.24. The lowest BCUT2D eigenvalue weighted by Crippen LogP contribution is -3.15. The van der Waals surface area contributed by atoms with Gasteiger partial charge in [-0.15, -0.1) is 0 Å². The average Bonchev–Trinajstić information content (AvgIpc) is 2.69. The van der Waals surface area contributed by atoms with Crippen LogP contribution in [-0.4, -0.2) is 55.7 Å². The molecule has 1 fully saturated rings. The predicted molar refractivity (Wildman–Crippen MR) is 108 cm³/mol. The molecule has 1 aliphatic heterocycles. The third kappa shape index (κ3) is 5.01. The Morgan fingerprint density at radius 1 is 1.07 bits per heavy atom. The van der Waals surface area contributed by atoms with Crippen molar-refractivity contribution in [3.8, 4) is 5.75 Å². The summed E-state index contributed by atoms with van der Waals surface area (Å²) in [6.45, 7) is 6.83. The fraction of sp³-hybridized carbons (Fsp3) is 0.409. The second-order valence-corrected chi connectivity index (χ2v) is 7.32. The molecule has 27 heavy (non-hydrogen) atoms. The van der Waals surface area contributed by atoms with Gasteiger partial charge in [0.25, 0.3) is 5.91 Å². The number of phenolic OH excluding ortho intramolecular Hbond substituents is 1. The third-order valence-electron chi connectivity index (χ3n) is 5.37. The second-order valence-electron chi connectivity index (χ2n) is 7.32. The number of hydrogen-bond donors (Lipinski definition) is 2. The van der Waals surface area contributed by atoms with Crippen LogP contribution in [0.3, 0.4) is 0 Å². The zero-order chi connectivity index (χ0) is 19.2. The Morgan fingerprint density at radius 3 is 2.33 bits per heavy atom. The van der Waals surface area contributed by atoms with Crippen molar-refractivity contribution in [3.63, 3.8) is 0 Å². The number of piperazine rings is 1. The van der Waals surface area contributed by atoms with Crippen LogP contribution in [0.25, 0.3) is 0 Å². The van der Waals surface area contributed by atoms with E-state index in [-0.39, 0.29) is 5.91 Å². The number of phenols is 1. The molecule has 0 radical (unpaired) electrons. The molecule has 0 spiro atoms. The van der Waals surface area contributed by atoms with E-state index in [1.54, 1.807) is 6.07 Å². The highest BCUT2D eigenvalue weighted by Crippen LogP contribution is 2.25. The molecule has 0 atom stereocenters. The Hall–Kier alpha value is -2.53. The van der Waals surface area contributed by atoms with Gasteiger partial charge in [-0.05, 0) is 29.7 Å². The zero-order valence-corrected chi connectivity index (χ0v) is 16.3. The highest BCUT2D eigenvalue weighted by molar-refractivity contribution is 5.76. The molecule has 1 aliphatic rings. The summed E-state index contributed by atoms with van der Waals surface area (Å²) < 4.78 is 0. The number of quaternary nitrogens is 1. The molecule has 2 aromatic rings. The van der Waals surface area contributed by atoms with Crippen molar-refractivity contribution >= 4 is 11.6 Å². The minimum absolute atomic E-state index is 0.181. The molecule has 1 heterocycles. The van der Waals surface area contributed by atoms with Gasteiger partial charge in [0.1, 0.15) is 5.75 Å². The summed E-state index contributed by atoms with van der Waals surface area (Å²) in [5, 5.41) is 10.0. The van der Waals surface area contributed by atoms with Gasteiger partial charge in [-0.3, -0.25) is 4.79 Å².